The molecular formula is C33H36N2O5. The second-order valence-electron chi connectivity index (χ2n) is 10.3. The molecule has 0 bridgehead atoms. The van der Waals surface area contributed by atoms with Crippen LogP contribution in [0.25, 0.3) is 22.6 Å². The lowest BCUT2D eigenvalue weighted by Crippen LogP contribution is -2.36. The van der Waals surface area contributed by atoms with E-state index in [0.717, 1.165) is 53.5 Å². The molecule has 0 unspecified atom stereocenters. The van der Waals surface area contributed by atoms with E-state index < -0.39 is 12.1 Å². The molecule has 0 radical (unpaired) electrons. The highest BCUT2D eigenvalue weighted by atomic mass is 16.5. The normalized spacial score (nSPS) is 16.3. The number of aromatic nitrogens is 1. The Kier molecular flexibility index (Phi) is 8.48. The van der Waals surface area contributed by atoms with E-state index in [0.29, 0.717) is 35.5 Å². The van der Waals surface area contributed by atoms with Crippen LogP contribution in [0.5, 0.6) is 11.5 Å². The predicted molar refractivity (Wildman–Crippen MR) is 157 cm³/mol. The third-order valence-corrected chi connectivity index (χ3v) is 7.68. The number of ether oxygens (including phenoxy) is 3. The molecule has 0 spiro atoms. The van der Waals surface area contributed by atoms with Gasteiger partial charge in [0.25, 0.3) is 5.91 Å². The van der Waals surface area contributed by atoms with Crippen molar-refractivity contribution in [2.24, 2.45) is 0 Å². The van der Waals surface area contributed by atoms with Gasteiger partial charge in [-0.3, -0.25) is 4.79 Å². The minimum Gasteiger partial charge on any atom is -0.493 e. The fourth-order valence-electron chi connectivity index (χ4n) is 5.55. The van der Waals surface area contributed by atoms with Crippen molar-refractivity contribution in [1.82, 2.24) is 10.3 Å². The molecule has 1 amide bonds. The third kappa shape index (κ3) is 5.88. The van der Waals surface area contributed by atoms with Crippen molar-refractivity contribution in [3.05, 3.63) is 76.5 Å². The number of carbonyl (C=O) groups excluding carboxylic acids is 2. The first-order valence-corrected chi connectivity index (χ1v) is 14.0. The molecule has 208 valence electrons. The molecular weight excluding hydrogens is 504 g/mol. The average molecular weight is 541 g/mol. The maximum absolute atomic E-state index is 13.6. The van der Waals surface area contributed by atoms with Gasteiger partial charge in [-0.2, -0.15) is 0 Å². The first-order chi connectivity index (χ1) is 19.5. The number of amides is 1. The first kappa shape index (κ1) is 27.4. The number of rotatable bonds is 9. The number of methoxy groups -OCH3 is 2. The molecule has 5 rings (SSSR count). The van der Waals surface area contributed by atoms with Crippen molar-refractivity contribution in [1.29, 1.82) is 0 Å². The zero-order valence-corrected chi connectivity index (χ0v) is 23.4. The number of benzene rings is 2. The van der Waals surface area contributed by atoms with Crippen LogP contribution in [0.1, 0.15) is 72.6 Å². The summed E-state index contributed by atoms with van der Waals surface area (Å²) in [5.41, 5.74) is 6.23. The Bertz CT molecular complexity index is 1490. The third-order valence-electron chi connectivity index (χ3n) is 7.68. The summed E-state index contributed by atoms with van der Waals surface area (Å²) < 4.78 is 16.6. The number of esters is 1. The highest BCUT2D eigenvalue weighted by Crippen LogP contribution is 2.39. The van der Waals surface area contributed by atoms with E-state index in [1.165, 1.54) is 18.4 Å². The summed E-state index contributed by atoms with van der Waals surface area (Å²) in [5, 5.41) is 3.66. The van der Waals surface area contributed by atoms with Crippen LogP contribution in [0.3, 0.4) is 0 Å². The van der Waals surface area contributed by atoms with Crippen LogP contribution in [-0.2, 0) is 16.0 Å². The summed E-state index contributed by atoms with van der Waals surface area (Å²) in [7, 11) is 3.22. The Morgan fingerprint density at radius 2 is 1.85 bits per heavy atom. The van der Waals surface area contributed by atoms with Crippen LogP contribution in [-0.4, -0.2) is 43.7 Å². The van der Waals surface area contributed by atoms with E-state index >= 15 is 0 Å². The lowest BCUT2D eigenvalue weighted by molar-refractivity contribution is -0.129. The zero-order chi connectivity index (χ0) is 28.1. The van der Waals surface area contributed by atoms with Crippen LogP contribution < -0.4 is 14.8 Å². The van der Waals surface area contributed by atoms with Gasteiger partial charge in [-0.1, -0.05) is 35.9 Å². The van der Waals surface area contributed by atoms with Crippen LogP contribution in [0.4, 0.5) is 0 Å². The van der Waals surface area contributed by atoms with Crippen LogP contribution in [0.2, 0.25) is 0 Å². The average Bonchev–Trinajstić information content (AvgIpc) is 3.37. The second-order valence-corrected chi connectivity index (χ2v) is 10.3. The molecule has 0 aliphatic heterocycles. The van der Waals surface area contributed by atoms with Crippen LogP contribution in [0, 0.1) is 0 Å². The van der Waals surface area contributed by atoms with E-state index in [1.807, 2.05) is 42.5 Å². The van der Waals surface area contributed by atoms with Crippen molar-refractivity contribution >= 4 is 34.4 Å². The lowest BCUT2D eigenvalue weighted by atomic mass is 9.97. The van der Waals surface area contributed by atoms with Crippen molar-refractivity contribution < 1.29 is 23.8 Å². The van der Waals surface area contributed by atoms with Crippen molar-refractivity contribution in [2.45, 2.75) is 58.0 Å². The van der Waals surface area contributed by atoms with Crippen molar-refractivity contribution in [3.8, 4) is 11.5 Å². The smallest absolute Gasteiger partial charge is 0.339 e. The molecule has 1 N–H and O–H groups in total. The SMILES string of the molecule is COc1ccc(/C=C2\CCc3c2nc2ccccc2c3C(=O)O[C@H](C)C(=O)NCCC2=CCCCC2)cc1OC. The van der Waals surface area contributed by atoms with E-state index in [1.54, 1.807) is 21.1 Å². The maximum atomic E-state index is 13.6. The highest BCUT2D eigenvalue weighted by molar-refractivity contribution is 6.07. The van der Waals surface area contributed by atoms with E-state index in [9.17, 15) is 9.59 Å². The van der Waals surface area contributed by atoms with E-state index in [4.69, 9.17) is 19.2 Å². The highest BCUT2D eigenvalue weighted by Gasteiger charge is 2.29. The summed E-state index contributed by atoms with van der Waals surface area (Å²) in [6.45, 7) is 2.17. The number of allylic oxidation sites excluding steroid dienone is 2. The fraction of sp³-hybridized carbons (Fsp3) is 0.364. The molecule has 0 fully saturated rings. The van der Waals surface area contributed by atoms with Crippen LogP contribution >= 0.6 is 0 Å². The number of hydrogen-bond acceptors (Lipinski definition) is 6. The first-order valence-electron chi connectivity index (χ1n) is 14.0. The second kappa shape index (κ2) is 12.4. The molecule has 40 heavy (non-hydrogen) atoms. The lowest BCUT2D eigenvalue weighted by Gasteiger charge is -2.17. The Labute approximate surface area is 235 Å². The van der Waals surface area contributed by atoms with Gasteiger partial charge in [0.05, 0.1) is 31.0 Å². The Morgan fingerprint density at radius 1 is 1.02 bits per heavy atom. The molecule has 3 aromatic rings. The Morgan fingerprint density at radius 3 is 2.62 bits per heavy atom. The van der Waals surface area contributed by atoms with E-state index in [2.05, 4.69) is 17.5 Å². The largest absolute Gasteiger partial charge is 0.493 e. The molecule has 2 aliphatic rings. The molecule has 2 aliphatic carbocycles. The van der Waals surface area contributed by atoms with Gasteiger partial charge < -0.3 is 19.5 Å². The summed E-state index contributed by atoms with van der Waals surface area (Å²) in [5.74, 6) is 0.525. The molecule has 7 heteroatoms. The topological polar surface area (TPSA) is 86.8 Å². The van der Waals surface area contributed by atoms with Gasteiger partial charge in [-0.25, -0.2) is 9.78 Å². The summed E-state index contributed by atoms with van der Waals surface area (Å²) >= 11 is 0. The number of pyridine rings is 1. The van der Waals surface area contributed by atoms with Gasteiger partial charge in [0.1, 0.15) is 0 Å². The van der Waals surface area contributed by atoms with Crippen LogP contribution in [0.15, 0.2) is 54.1 Å². The number of nitrogens with one attached hydrogen (secondary N) is 1. The summed E-state index contributed by atoms with van der Waals surface area (Å²) in [6.07, 6.45) is 10.3. The van der Waals surface area contributed by atoms with Gasteiger partial charge in [0.15, 0.2) is 17.6 Å². The standard InChI is InChI=1S/C33H36N2O5/c1-21(32(36)34-18-17-22-9-5-4-6-10-22)40-33(37)30-25-11-7-8-12-27(25)35-31-24(14-15-26(30)31)19-23-13-16-28(38-2)29(20-23)39-3/h7-9,11-13,16,19-21H,4-6,10,14-15,17-18H2,1-3H3,(H,34,36)/b24-19+/t21-/m1/s1. The quantitative estimate of drug-likeness (QED) is 0.254. The number of fused-ring (bicyclic) bond motifs is 2. The molecule has 0 saturated carbocycles. The Balaban J connectivity index is 1.38. The number of hydrogen-bond donors (Lipinski definition) is 1. The van der Waals surface area contributed by atoms with Gasteiger partial charge in [-0.05, 0) is 92.8 Å². The predicted octanol–water partition coefficient (Wildman–Crippen LogP) is 6.29. The molecule has 1 atom stereocenters. The number of para-hydroxylation sites is 1. The van der Waals surface area contributed by atoms with Crippen molar-refractivity contribution in [2.75, 3.05) is 20.8 Å². The zero-order valence-electron chi connectivity index (χ0n) is 23.4. The van der Waals surface area contributed by atoms with Gasteiger partial charge in [0.2, 0.25) is 0 Å². The molecule has 7 nitrogen and oxygen atoms in total. The minimum absolute atomic E-state index is 0.284. The molecule has 1 heterocycles. The summed E-state index contributed by atoms with van der Waals surface area (Å²) in [4.78, 5) is 31.3. The van der Waals surface area contributed by atoms with Crippen molar-refractivity contribution in [3.63, 3.8) is 0 Å². The maximum Gasteiger partial charge on any atom is 0.339 e. The fourth-order valence-corrected chi connectivity index (χ4v) is 5.55. The molecule has 1 aromatic heterocycles. The monoisotopic (exact) mass is 540 g/mol. The Hall–Kier alpha value is -4.13. The van der Waals surface area contributed by atoms with Gasteiger partial charge in [0, 0.05) is 11.9 Å². The van der Waals surface area contributed by atoms with Gasteiger partial charge in [-0.15, -0.1) is 0 Å². The summed E-state index contributed by atoms with van der Waals surface area (Å²) in [6, 6.07) is 13.3. The van der Waals surface area contributed by atoms with E-state index in [-0.39, 0.29) is 5.91 Å². The minimum atomic E-state index is -0.904. The molecule has 0 saturated heterocycles. The number of nitrogens with zero attached hydrogens (tertiary/aromatic N) is 1. The molecule has 2 aromatic carbocycles. The number of carbonyl (C=O) groups is 2. The van der Waals surface area contributed by atoms with Gasteiger partial charge >= 0.3 is 5.97 Å².